The van der Waals surface area contributed by atoms with Gasteiger partial charge in [0.25, 0.3) is 0 Å². The van der Waals surface area contributed by atoms with Gasteiger partial charge in [0, 0.05) is 24.4 Å². The summed E-state index contributed by atoms with van der Waals surface area (Å²) in [6.07, 6.45) is 8.83. The molecule has 0 radical (unpaired) electrons. The van der Waals surface area contributed by atoms with Crippen molar-refractivity contribution in [3.8, 4) is 0 Å². The van der Waals surface area contributed by atoms with E-state index in [0.29, 0.717) is 6.04 Å². The smallest absolute Gasteiger partial charge is 0.0904 e. The molecule has 1 saturated carbocycles. The lowest BCUT2D eigenvalue weighted by atomic mass is 10.0. The molecule has 0 spiro atoms. The third-order valence-electron chi connectivity index (χ3n) is 4.59. The van der Waals surface area contributed by atoms with E-state index in [2.05, 4.69) is 45.4 Å². The highest BCUT2D eigenvalue weighted by Crippen LogP contribution is 2.39. The molecule has 3 heterocycles. The average molecular weight is 282 g/mol. The number of hydrogen-bond acceptors (Lipinski definition) is 6. The van der Waals surface area contributed by atoms with Crippen LogP contribution in [-0.2, 0) is 0 Å². The first kappa shape index (κ1) is 11.3. The third kappa shape index (κ3) is 1.50. The van der Waals surface area contributed by atoms with Crippen LogP contribution in [0.5, 0.6) is 0 Å². The first-order valence-corrected chi connectivity index (χ1v) is 7.63. The quantitative estimate of drug-likeness (QED) is 0.696. The normalized spacial score (nSPS) is 25.8. The van der Waals surface area contributed by atoms with Crippen LogP contribution in [0.4, 0.5) is 0 Å². The Labute approximate surface area is 123 Å². The minimum atomic E-state index is 0.657. The molecule has 0 aromatic rings. The van der Waals surface area contributed by atoms with Crippen LogP contribution in [0.15, 0.2) is 51.7 Å². The molecule has 0 atom stereocenters. The molecule has 0 aromatic heterocycles. The predicted molar refractivity (Wildman–Crippen MR) is 80.2 cm³/mol. The van der Waals surface area contributed by atoms with Crippen LogP contribution < -0.4 is 16.3 Å². The molecule has 5 rings (SSSR count). The summed E-state index contributed by atoms with van der Waals surface area (Å²) in [4.78, 5) is 0. The van der Waals surface area contributed by atoms with E-state index in [0.717, 1.165) is 24.5 Å². The summed E-state index contributed by atoms with van der Waals surface area (Å²) >= 11 is 0. The van der Waals surface area contributed by atoms with E-state index >= 15 is 0 Å². The highest BCUT2D eigenvalue weighted by Gasteiger charge is 2.39. The van der Waals surface area contributed by atoms with E-state index in [4.69, 9.17) is 5.10 Å². The molecular weight excluding hydrogens is 264 g/mol. The number of likely N-dealkylation sites (N-methyl/N-ethyl adjacent to an activating group) is 1. The summed E-state index contributed by atoms with van der Waals surface area (Å²) in [7, 11) is 0. The van der Waals surface area contributed by atoms with Crippen molar-refractivity contribution < 1.29 is 0 Å². The maximum Gasteiger partial charge on any atom is 0.0904 e. The molecule has 2 aliphatic carbocycles. The zero-order chi connectivity index (χ0) is 14.0. The van der Waals surface area contributed by atoms with E-state index in [-0.39, 0.29) is 0 Å². The van der Waals surface area contributed by atoms with Gasteiger partial charge in [-0.05, 0) is 31.9 Å². The molecule has 6 nitrogen and oxygen atoms in total. The lowest BCUT2D eigenvalue weighted by molar-refractivity contribution is 0.314. The van der Waals surface area contributed by atoms with Gasteiger partial charge in [-0.1, -0.05) is 0 Å². The summed E-state index contributed by atoms with van der Waals surface area (Å²) in [5.74, 6) is 0. The SMILES string of the molecule is CCN1NC2=C3CN(C4CC4)N=C3C=CC3=C2C1=CNN3. The maximum absolute atomic E-state index is 4.81. The van der Waals surface area contributed by atoms with Crippen molar-refractivity contribution in [2.75, 3.05) is 13.1 Å². The first-order valence-electron chi connectivity index (χ1n) is 7.63. The van der Waals surface area contributed by atoms with Gasteiger partial charge in [0.15, 0.2) is 0 Å². The van der Waals surface area contributed by atoms with Gasteiger partial charge in [-0.15, -0.1) is 0 Å². The zero-order valence-electron chi connectivity index (χ0n) is 12.0. The summed E-state index contributed by atoms with van der Waals surface area (Å²) in [6.45, 7) is 3.99. The number of nitrogens with zero attached hydrogens (tertiary/aromatic N) is 3. The fraction of sp³-hybridized carbons (Fsp3) is 0.400. The van der Waals surface area contributed by atoms with Gasteiger partial charge in [-0.3, -0.25) is 15.4 Å². The van der Waals surface area contributed by atoms with Gasteiger partial charge in [0.2, 0.25) is 0 Å². The monoisotopic (exact) mass is 282 g/mol. The number of nitrogens with one attached hydrogen (secondary N) is 3. The third-order valence-corrected chi connectivity index (χ3v) is 4.59. The Balaban J connectivity index is 1.66. The summed E-state index contributed by atoms with van der Waals surface area (Å²) < 4.78 is 0. The molecule has 0 unspecified atom stereocenters. The summed E-state index contributed by atoms with van der Waals surface area (Å²) in [6, 6.07) is 0.657. The second-order valence-electron chi connectivity index (χ2n) is 5.94. The van der Waals surface area contributed by atoms with Crippen molar-refractivity contribution in [1.29, 1.82) is 0 Å². The Kier molecular flexibility index (Phi) is 2.07. The lowest BCUT2D eigenvalue weighted by Crippen LogP contribution is -2.34. The van der Waals surface area contributed by atoms with Crippen LogP contribution in [0.1, 0.15) is 19.8 Å². The first-order chi connectivity index (χ1) is 10.3. The minimum absolute atomic E-state index is 0.657. The van der Waals surface area contributed by atoms with E-state index < -0.39 is 0 Å². The molecule has 3 N–H and O–H groups in total. The molecule has 21 heavy (non-hydrogen) atoms. The molecule has 0 aromatic carbocycles. The molecule has 1 saturated heterocycles. The average Bonchev–Trinajstić information content (AvgIpc) is 3.19. The van der Waals surface area contributed by atoms with Crippen molar-refractivity contribution in [1.82, 2.24) is 26.3 Å². The minimum Gasteiger partial charge on any atom is -0.306 e. The fourth-order valence-corrected chi connectivity index (χ4v) is 3.34. The molecule has 108 valence electrons. The van der Waals surface area contributed by atoms with Crippen LogP contribution in [0.2, 0.25) is 0 Å². The number of hydrogen-bond donors (Lipinski definition) is 3. The number of fused-ring (bicyclic) bond motifs is 1. The van der Waals surface area contributed by atoms with Gasteiger partial charge in [0.1, 0.15) is 0 Å². The Bertz CT molecular complexity index is 676. The topological polar surface area (TPSA) is 54.9 Å². The maximum atomic E-state index is 4.81. The van der Waals surface area contributed by atoms with Crippen LogP contribution in [-0.4, -0.2) is 34.9 Å². The van der Waals surface area contributed by atoms with E-state index in [1.54, 1.807) is 0 Å². The van der Waals surface area contributed by atoms with E-state index in [1.165, 1.54) is 35.4 Å². The van der Waals surface area contributed by atoms with Crippen LogP contribution in [0.25, 0.3) is 0 Å². The molecule has 2 fully saturated rings. The zero-order valence-corrected chi connectivity index (χ0v) is 12.0. The molecule has 3 aliphatic heterocycles. The summed E-state index contributed by atoms with van der Waals surface area (Å²) in [5, 5.41) is 9.24. The van der Waals surface area contributed by atoms with Gasteiger partial charge >= 0.3 is 0 Å². The highest BCUT2D eigenvalue weighted by molar-refractivity contribution is 6.11. The largest absolute Gasteiger partial charge is 0.306 e. The van der Waals surface area contributed by atoms with Gasteiger partial charge in [-0.25, -0.2) is 0 Å². The molecule has 0 amide bonds. The fourth-order valence-electron chi connectivity index (χ4n) is 3.34. The van der Waals surface area contributed by atoms with Gasteiger partial charge in [0.05, 0.1) is 34.9 Å². The van der Waals surface area contributed by atoms with E-state index in [9.17, 15) is 0 Å². The molecular formula is C15H18N6. The highest BCUT2D eigenvalue weighted by atomic mass is 15.6. The molecule has 6 heteroatoms. The van der Waals surface area contributed by atoms with Crippen LogP contribution in [0, 0.1) is 0 Å². The van der Waals surface area contributed by atoms with Crippen molar-refractivity contribution in [3.63, 3.8) is 0 Å². The Morgan fingerprint density at radius 3 is 3.05 bits per heavy atom. The summed E-state index contributed by atoms with van der Waals surface area (Å²) in [5.41, 5.74) is 17.1. The Morgan fingerprint density at radius 1 is 1.33 bits per heavy atom. The van der Waals surface area contributed by atoms with Crippen molar-refractivity contribution in [2.45, 2.75) is 25.8 Å². The number of hydrazone groups is 1. The Morgan fingerprint density at radius 2 is 2.24 bits per heavy atom. The van der Waals surface area contributed by atoms with Crippen LogP contribution in [0.3, 0.4) is 0 Å². The second-order valence-corrected chi connectivity index (χ2v) is 5.94. The number of rotatable bonds is 2. The predicted octanol–water partition coefficient (Wildman–Crippen LogP) is 0.688. The van der Waals surface area contributed by atoms with E-state index in [1.807, 2.05) is 6.20 Å². The second kappa shape index (κ2) is 3.84. The van der Waals surface area contributed by atoms with Gasteiger partial charge in [-0.2, -0.15) is 5.10 Å². The van der Waals surface area contributed by atoms with Crippen molar-refractivity contribution in [2.24, 2.45) is 5.10 Å². The number of hydrazine groups is 2. The van der Waals surface area contributed by atoms with Crippen LogP contribution >= 0.6 is 0 Å². The molecule has 0 bridgehead atoms. The molecule has 5 aliphatic rings. The standard InChI is InChI=1S/C15H18N6/c1-2-20-13-7-16-17-12-6-5-11-10(15(19-20)14(12)13)8-21(18-11)9-3-4-9/h5-7,9,16-17,19H,2-4,8H2,1H3. The van der Waals surface area contributed by atoms with Crippen molar-refractivity contribution >= 4 is 5.71 Å². The Hall–Kier alpha value is -2.37. The van der Waals surface area contributed by atoms with Gasteiger partial charge < -0.3 is 10.9 Å². The lowest BCUT2D eigenvalue weighted by Gasteiger charge is -2.21. The number of allylic oxidation sites excluding steroid dienone is 2. The van der Waals surface area contributed by atoms with Crippen molar-refractivity contribution in [3.05, 3.63) is 46.6 Å².